The number of fused-ring (bicyclic) bond motifs is 1. The number of piperazine rings is 1. The van der Waals surface area contributed by atoms with Gasteiger partial charge in [0.15, 0.2) is 5.65 Å². The van der Waals surface area contributed by atoms with E-state index in [9.17, 15) is 18.0 Å². The van der Waals surface area contributed by atoms with E-state index in [1.165, 1.54) is 18.3 Å². The molecule has 0 spiro atoms. The van der Waals surface area contributed by atoms with Crippen LogP contribution in [0.5, 0.6) is 0 Å². The second kappa shape index (κ2) is 11.1. The molecule has 0 bridgehead atoms. The van der Waals surface area contributed by atoms with Gasteiger partial charge in [-0.15, -0.1) is 5.10 Å². The lowest BCUT2D eigenvalue weighted by atomic mass is 10.0. The Morgan fingerprint density at radius 2 is 1.87 bits per heavy atom. The van der Waals surface area contributed by atoms with E-state index >= 15 is 0 Å². The summed E-state index contributed by atoms with van der Waals surface area (Å²) in [5.41, 5.74) is 0.955. The lowest BCUT2D eigenvalue weighted by Crippen LogP contribution is -2.43. The summed E-state index contributed by atoms with van der Waals surface area (Å²) in [5.74, 6) is 6.11. The number of amides is 1. The molecule has 1 aliphatic heterocycles. The molecule has 3 aromatic heterocycles. The first kappa shape index (κ1) is 26.1. The number of halogens is 3. The Labute approximate surface area is 222 Å². The minimum Gasteiger partial charge on any atom is -0.372 e. The van der Waals surface area contributed by atoms with Gasteiger partial charge in [0.2, 0.25) is 0 Å². The average molecular weight is 535 g/mol. The second-order valence-electron chi connectivity index (χ2n) is 8.91. The fourth-order valence-corrected chi connectivity index (χ4v) is 4.22. The molecule has 12 heteroatoms. The van der Waals surface area contributed by atoms with Crippen molar-refractivity contribution in [2.75, 3.05) is 43.9 Å². The number of aromatic nitrogens is 4. The summed E-state index contributed by atoms with van der Waals surface area (Å²) in [6.07, 6.45) is -1.53. The largest absolute Gasteiger partial charge is 0.416 e. The number of imidazole rings is 1. The first-order valence-electron chi connectivity index (χ1n) is 12.3. The van der Waals surface area contributed by atoms with Crippen LogP contribution in [0, 0.1) is 11.8 Å². The molecule has 1 fully saturated rings. The quantitative estimate of drug-likeness (QED) is 0.338. The SMILES string of the molecule is CNc1ccc2ncc(C#Cc3ccnc(NC(=O)c4ccc(CN5CCNCC5)c(C(F)(F)F)c4)c3)n2n1. The van der Waals surface area contributed by atoms with Gasteiger partial charge in [0, 0.05) is 57.1 Å². The second-order valence-corrected chi connectivity index (χ2v) is 8.91. The van der Waals surface area contributed by atoms with Gasteiger partial charge in [-0.1, -0.05) is 12.0 Å². The molecule has 0 atom stereocenters. The van der Waals surface area contributed by atoms with Crippen molar-refractivity contribution >= 4 is 23.2 Å². The smallest absolute Gasteiger partial charge is 0.372 e. The Balaban J connectivity index is 1.33. The van der Waals surface area contributed by atoms with Crippen LogP contribution < -0.4 is 16.0 Å². The van der Waals surface area contributed by atoms with Crippen LogP contribution in [-0.4, -0.2) is 63.6 Å². The predicted octanol–water partition coefficient (Wildman–Crippen LogP) is 3.24. The number of rotatable bonds is 5. The van der Waals surface area contributed by atoms with Crippen molar-refractivity contribution in [3.05, 3.63) is 82.8 Å². The normalized spacial score (nSPS) is 14.1. The van der Waals surface area contributed by atoms with Gasteiger partial charge in [-0.3, -0.25) is 9.69 Å². The molecule has 4 aromatic rings. The first-order chi connectivity index (χ1) is 18.8. The Hall–Kier alpha value is -4.47. The van der Waals surface area contributed by atoms with Crippen molar-refractivity contribution in [1.29, 1.82) is 0 Å². The van der Waals surface area contributed by atoms with E-state index in [2.05, 4.69) is 42.9 Å². The average Bonchev–Trinajstić information content (AvgIpc) is 3.34. The molecule has 3 N–H and O–H groups in total. The van der Waals surface area contributed by atoms with Gasteiger partial charge in [-0.2, -0.15) is 13.2 Å². The third-order valence-electron chi connectivity index (χ3n) is 6.24. The van der Waals surface area contributed by atoms with Gasteiger partial charge in [0.25, 0.3) is 5.91 Å². The van der Waals surface area contributed by atoms with Gasteiger partial charge in [0.05, 0.1) is 11.8 Å². The zero-order valence-corrected chi connectivity index (χ0v) is 21.0. The number of carbonyl (C=O) groups excluding carboxylic acids is 1. The minimum atomic E-state index is -4.59. The summed E-state index contributed by atoms with van der Waals surface area (Å²) in [4.78, 5) is 23.2. The summed E-state index contributed by atoms with van der Waals surface area (Å²) < 4.78 is 43.2. The highest BCUT2D eigenvalue weighted by Gasteiger charge is 2.34. The van der Waals surface area contributed by atoms with E-state index < -0.39 is 17.6 Å². The summed E-state index contributed by atoms with van der Waals surface area (Å²) in [5, 5.41) is 13.1. The number of anilines is 2. The van der Waals surface area contributed by atoms with Crippen LogP contribution in [0.3, 0.4) is 0 Å². The maximum atomic E-state index is 13.9. The zero-order valence-electron chi connectivity index (χ0n) is 21.0. The Morgan fingerprint density at radius 1 is 1.05 bits per heavy atom. The summed E-state index contributed by atoms with van der Waals surface area (Å²) in [7, 11) is 1.76. The predicted molar refractivity (Wildman–Crippen MR) is 140 cm³/mol. The van der Waals surface area contributed by atoms with E-state index in [4.69, 9.17) is 0 Å². The third-order valence-corrected chi connectivity index (χ3v) is 6.24. The molecule has 4 heterocycles. The highest BCUT2D eigenvalue weighted by atomic mass is 19.4. The van der Waals surface area contributed by atoms with E-state index in [1.54, 1.807) is 36.0 Å². The Kier molecular flexibility index (Phi) is 7.44. The number of alkyl halides is 3. The standard InChI is InChI=1S/C27H25F3N8O/c1-31-23-6-7-25-34-16-21(38(25)36-23)5-2-18-8-9-33-24(14-18)35-26(39)19-3-4-20(22(15-19)27(28,29)30)17-37-12-10-32-11-13-37/h3-4,6-9,14-16,32H,10-13,17H2,1H3,(H,31,36)(H,33,35,39). The fourth-order valence-electron chi connectivity index (χ4n) is 4.22. The third kappa shape index (κ3) is 6.17. The number of pyridine rings is 1. The number of nitrogens with zero attached hydrogens (tertiary/aromatic N) is 5. The van der Waals surface area contributed by atoms with Gasteiger partial charge < -0.3 is 16.0 Å². The summed E-state index contributed by atoms with van der Waals surface area (Å²) in [6, 6.07) is 10.5. The maximum Gasteiger partial charge on any atom is 0.416 e. The van der Waals surface area contributed by atoms with Crippen molar-refractivity contribution in [1.82, 2.24) is 29.8 Å². The van der Waals surface area contributed by atoms with Gasteiger partial charge >= 0.3 is 6.18 Å². The molecule has 39 heavy (non-hydrogen) atoms. The number of nitrogens with one attached hydrogen (secondary N) is 3. The molecular weight excluding hydrogens is 509 g/mol. The van der Waals surface area contributed by atoms with Crippen LogP contribution in [0.4, 0.5) is 24.8 Å². The van der Waals surface area contributed by atoms with Crippen LogP contribution in [0.1, 0.15) is 32.7 Å². The first-order valence-corrected chi connectivity index (χ1v) is 12.3. The summed E-state index contributed by atoms with van der Waals surface area (Å²) in [6.45, 7) is 2.94. The number of hydrogen-bond donors (Lipinski definition) is 3. The van der Waals surface area contributed by atoms with E-state index in [0.717, 1.165) is 19.2 Å². The molecule has 5 rings (SSSR count). The summed E-state index contributed by atoms with van der Waals surface area (Å²) >= 11 is 0. The van der Waals surface area contributed by atoms with Crippen LogP contribution in [0.25, 0.3) is 5.65 Å². The molecule has 1 amide bonds. The Bertz CT molecular complexity index is 1560. The monoisotopic (exact) mass is 534 g/mol. The minimum absolute atomic E-state index is 0.109. The van der Waals surface area contributed by atoms with Crippen LogP contribution in [0.15, 0.2) is 54.9 Å². The molecule has 0 radical (unpaired) electrons. The van der Waals surface area contributed by atoms with Gasteiger partial charge in [-0.05, 0) is 47.9 Å². The molecule has 9 nitrogen and oxygen atoms in total. The number of hydrogen-bond acceptors (Lipinski definition) is 7. The molecule has 200 valence electrons. The highest BCUT2D eigenvalue weighted by molar-refractivity contribution is 6.04. The molecule has 0 aliphatic carbocycles. The maximum absolute atomic E-state index is 13.9. The highest BCUT2D eigenvalue weighted by Crippen LogP contribution is 2.33. The van der Waals surface area contributed by atoms with Crippen molar-refractivity contribution in [2.24, 2.45) is 0 Å². The van der Waals surface area contributed by atoms with Crippen LogP contribution >= 0.6 is 0 Å². The number of carbonyl (C=O) groups is 1. The Morgan fingerprint density at radius 3 is 2.64 bits per heavy atom. The van der Waals surface area contributed by atoms with Crippen molar-refractivity contribution < 1.29 is 18.0 Å². The number of benzene rings is 1. The molecule has 1 saturated heterocycles. The molecule has 1 aliphatic rings. The lowest BCUT2D eigenvalue weighted by Gasteiger charge is -2.28. The lowest BCUT2D eigenvalue weighted by molar-refractivity contribution is -0.138. The van der Waals surface area contributed by atoms with Gasteiger partial charge in [-0.25, -0.2) is 14.5 Å². The van der Waals surface area contributed by atoms with Gasteiger partial charge in [0.1, 0.15) is 17.3 Å². The van der Waals surface area contributed by atoms with E-state index in [1.807, 2.05) is 11.0 Å². The van der Waals surface area contributed by atoms with Crippen LogP contribution in [-0.2, 0) is 12.7 Å². The van der Waals surface area contributed by atoms with Crippen molar-refractivity contribution in [3.8, 4) is 11.8 Å². The molecule has 1 aromatic carbocycles. The van der Waals surface area contributed by atoms with E-state index in [-0.39, 0.29) is 23.5 Å². The molecule has 0 saturated carbocycles. The van der Waals surface area contributed by atoms with Crippen molar-refractivity contribution in [2.45, 2.75) is 12.7 Å². The molecule has 0 unspecified atom stereocenters. The van der Waals surface area contributed by atoms with Crippen LogP contribution in [0.2, 0.25) is 0 Å². The zero-order chi connectivity index (χ0) is 27.4. The fraction of sp³-hybridized carbons (Fsp3) is 0.259. The van der Waals surface area contributed by atoms with Crippen molar-refractivity contribution in [3.63, 3.8) is 0 Å². The molecular formula is C27H25F3N8O. The topological polar surface area (TPSA) is 99.5 Å². The van der Waals surface area contributed by atoms with E-state index in [0.29, 0.717) is 35.8 Å².